The number of thiazole rings is 1. The van der Waals surface area contributed by atoms with Crippen LogP contribution in [0.4, 0.5) is 0 Å². The first kappa shape index (κ1) is 11.1. The fourth-order valence-corrected chi connectivity index (χ4v) is 2.34. The molecule has 0 aromatic carbocycles. The Morgan fingerprint density at radius 2 is 2.25 bits per heavy atom. The predicted molar refractivity (Wildman–Crippen MR) is 58.5 cm³/mol. The molecule has 2 rings (SSSR count). The molecular formula is C10H12N2O3S. The number of aryl methyl sites for hydroxylation is 1. The third-order valence-electron chi connectivity index (χ3n) is 2.67. The van der Waals surface area contributed by atoms with Gasteiger partial charge in [0.25, 0.3) is 5.91 Å². The lowest BCUT2D eigenvalue weighted by Gasteiger charge is -2.32. The van der Waals surface area contributed by atoms with Crippen LogP contribution in [0.2, 0.25) is 0 Å². The van der Waals surface area contributed by atoms with Crippen molar-refractivity contribution < 1.29 is 14.7 Å². The molecule has 86 valence electrons. The van der Waals surface area contributed by atoms with Gasteiger partial charge in [-0.25, -0.2) is 4.98 Å². The molecule has 0 radical (unpaired) electrons. The average Bonchev–Trinajstić information content (AvgIpc) is 2.56. The van der Waals surface area contributed by atoms with E-state index in [1.54, 1.807) is 6.20 Å². The van der Waals surface area contributed by atoms with Gasteiger partial charge < -0.3 is 10.4 Å². The molecular weight excluding hydrogens is 228 g/mol. The highest BCUT2D eigenvalue weighted by Gasteiger charge is 2.35. The zero-order chi connectivity index (χ0) is 11.7. The molecule has 2 N–H and O–H groups in total. The molecule has 0 bridgehead atoms. The van der Waals surface area contributed by atoms with Gasteiger partial charge in [-0.2, -0.15) is 0 Å². The molecule has 0 spiro atoms. The van der Waals surface area contributed by atoms with Crippen molar-refractivity contribution in [3.05, 3.63) is 16.1 Å². The van der Waals surface area contributed by atoms with Crippen molar-refractivity contribution in [1.29, 1.82) is 0 Å². The third kappa shape index (κ3) is 2.21. The predicted octanol–water partition coefficient (Wildman–Crippen LogP) is 1.04. The Hall–Kier alpha value is -1.43. The molecule has 1 saturated carbocycles. The van der Waals surface area contributed by atoms with Crippen LogP contribution in [-0.4, -0.2) is 28.0 Å². The zero-order valence-corrected chi connectivity index (χ0v) is 9.58. The number of hydrogen-bond donors (Lipinski definition) is 2. The number of carbonyl (C=O) groups is 2. The molecule has 6 heteroatoms. The van der Waals surface area contributed by atoms with Crippen LogP contribution >= 0.6 is 11.3 Å². The summed E-state index contributed by atoms with van der Waals surface area (Å²) in [5, 5.41) is 12.3. The van der Waals surface area contributed by atoms with E-state index in [4.69, 9.17) is 5.11 Å². The van der Waals surface area contributed by atoms with Crippen LogP contribution in [0.3, 0.4) is 0 Å². The average molecular weight is 240 g/mol. The van der Waals surface area contributed by atoms with Gasteiger partial charge in [0, 0.05) is 6.04 Å². The van der Waals surface area contributed by atoms with E-state index in [2.05, 4.69) is 10.3 Å². The summed E-state index contributed by atoms with van der Waals surface area (Å²) in [6, 6.07) is -0.00370. The largest absolute Gasteiger partial charge is 0.481 e. The summed E-state index contributed by atoms with van der Waals surface area (Å²) in [4.78, 5) is 26.8. The number of rotatable bonds is 3. The lowest BCUT2D eigenvalue weighted by Crippen LogP contribution is -2.46. The zero-order valence-electron chi connectivity index (χ0n) is 8.77. The summed E-state index contributed by atoms with van der Waals surface area (Å²) in [7, 11) is 0. The molecule has 1 heterocycles. The Morgan fingerprint density at radius 3 is 2.75 bits per heavy atom. The Labute approximate surface area is 96.5 Å². The molecule has 1 amide bonds. The van der Waals surface area contributed by atoms with Gasteiger partial charge in [0.1, 0.15) is 4.88 Å². The topological polar surface area (TPSA) is 79.3 Å². The summed E-state index contributed by atoms with van der Waals surface area (Å²) in [5.41, 5.74) is 0. The normalized spacial score (nSPS) is 23.6. The van der Waals surface area contributed by atoms with Crippen LogP contribution in [0.1, 0.15) is 27.5 Å². The minimum atomic E-state index is -0.779. The van der Waals surface area contributed by atoms with Crippen molar-refractivity contribution in [2.75, 3.05) is 0 Å². The van der Waals surface area contributed by atoms with Crippen LogP contribution in [0.25, 0.3) is 0 Å². The van der Waals surface area contributed by atoms with E-state index in [1.165, 1.54) is 11.3 Å². The smallest absolute Gasteiger partial charge is 0.306 e. The van der Waals surface area contributed by atoms with E-state index in [-0.39, 0.29) is 17.9 Å². The van der Waals surface area contributed by atoms with Gasteiger partial charge in [-0.05, 0) is 19.8 Å². The number of nitrogens with one attached hydrogen (secondary N) is 1. The number of amides is 1. The molecule has 1 fully saturated rings. The van der Waals surface area contributed by atoms with Gasteiger partial charge in [-0.15, -0.1) is 11.3 Å². The number of carboxylic acids is 1. The number of carboxylic acid groups (broad SMARTS) is 1. The number of aliphatic carboxylic acids is 1. The second kappa shape index (κ2) is 4.21. The summed E-state index contributed by atoms with van der Waals surface area (Å²) in [6.07, 6.45) is 2.60. The second-order valence-electron chi connectivity index (χ2n) is 3.92. The Kier molecular flexibility index (Phi) is 2.91. The number of aromatic nitrogens is 1. The number of hydrogen-bond acceptors (Lipinski definition) is 4. The molecule has 1 aliphatic carbocycles. The molecule has 5 nitrogen and oxygen atoms in total. The highest BCUT2D eigenvalue weighted by molar-refractivity contribution is 7.13. The molecule has 0 aliphatic heterocycles. The Morgan fingerprint density at radius 1 is 1.56 bits per heavy atom. The van der Waals surface area contributed by atoms with Crippen LogP contribution in [0.15, 0.2) is 6.20 Å². The van der Waals surface area contributed by atoms with Gasteiger partial charge in [0.15, 0.2) is 0 Å². The quantitative estimate of drug-likeness (QED) is 0.827. The van der Waals surface area contributed by atoms with Gasteiger partial charge in [0.05, 0.1) is 17.1 Å². The molecule has 1 aliphatic rings. The maximum absolute atomic E-state index is 11.6. The van der Waals surface area contributed by atoms with Crippen molar-refractivity contribution in [3.63, 3.8) is 0 Å². The molecule has 1 aromatic rings. The summed E-state index contributed by atoms with van der Waals surface area (Å²) in [6.45, 7) is 1.84. The molecule has 1 aromatic heterocycles. The Bertz CT molecular complexity index is 423. The van der Waals surface area contributed by atoms with Crippen molar-refractivity contribution in [2.24, 2.45) is 5.92 Å². The Balaban J connectivity index is 1.84. The van der Waals surface area contributed by atoms with Gasteiger partial charge in [-0.1, -0.05) is 0 Å². The summed E-state index contributed by atoms with van der Waals surface area (Å²) >= 11 is 1.34. The van der Waals surface area contributed by atoms with Crippen LogP contribution in [-0.2, 0) is 4.79 Å². The van der Waals surface area contributed by atoms with Crippen LogP contribution < -0.4 is 5.32 Å². The standard InChI is InChI=1S/C10H12N2O3S/c1-5-11-4-8(16-5)9(13)12-7-2-6(3-7)10(14)15/h4,6-7H,2-3H2,1H3,(H,12,13)(H,14,15). The SMILES string of the molecule is Cc1ncc(C(=O)NC2CC(C(=O)O)C2)s1. The lowest BCUT2D eigenvalue weighted by atomic mass is 9.80. The first-order chi connectivity index (χ1) is 7.56. The fourth-order valence-electron chi connectivity index (χ4n) is 1.66. The molecule has 0 atom stereocenters. The van der Waals surface area contributed by atoms with E-state index >= 15 is 0 Å². The first-order valence-electron chi connectivity index (χ1n) is 5.02. The third-order valence-corrected chi connectivity index (χ3v) is 3.58. The van der Waals surface area contributed by atoms with E-state index < -0.39 is 5.97 Å². The van der Waals surface area contributed by atoms with Crippen LogP contribution in [0, 0.1) is 12.8 Å². The minimum absolute atomic E-state index is 0.00370. The second-order valence-corrected chi connectivity index (χ2v) is 5.16. The first-order valence-corrected chi connectivity index (χ1v) is 5.84. The minimum Gasteiger partial charge on any atom is -0.481 e. The van der Waals surface area contributed by atoms with E-state index in [1.807, 2.05) is 6.92 Å². The summed E-state index contributed by atoms with van der Waals surface area (Å²) < 4.78 is 0. The van der Waals surface area contributed by atoms with E-state index in [0.29, 0.717) is 17.7 Å². The molecule has 0 unspecified atom stereocenters. The molecule has 0 saturated heterocycles. The number of nitrogens with zero attached hydrogens (tertiary/aromatic N) is 1. The maximum atomic E-state index is 11.6. The van der Waals surface area contributed by atoms with Crippen molar-refractivity contribution in [3.8, 4) is 0 Å². The monoisotopic (exact) mass is 240 g/mol. The molecule has 16 heavy (non-hydrogen) atoms. The highest BCUT2D eigenvalue weighted by atomic mass is 32.1. The maximum Gasteiger partial charge on any atom is 0.306 e. The lowest BCUT2D eigenvalue weighted by molar-refractivity contribution is -0.145. The van der Waals surface area contributed by atoms with Crippen molar-refractivity contribution >= 4 is 23.2 Å². The number of carbonyl (C=O) groups excluding carboxylic acids is 1. The van der Waals surface area contributed by atoms with Crippen molar-refractivity contribution in [2.45, 2.75) is 25.8 Å². The van der Waals surface area contributed by atoms with E-state index in [9.17, 15) is 9.59 Å². The van der Waals surface area contributed by atoms with E-state index in [0.717, 1.165) is 5.01 Å². The highest BCUT2D eigenvalue weighted by Crippen LogP contribution is 2.27. The van der Waals surface area contributed by atoms with Crippen LogP contribution in [0.5, 0.6) is 0 Å². The fraction of sp³-hybridized carbons (Fsp3) is 0.500. The van der Waals surface area contributed by atoms with Gasteiger partial charge >= 0.3 is 5.97 Å². The van der Waals surface area contributed by atoms with Crippen molar-refractivity contribution in [1.82, 2.24) is 10.3 Å². The van der Waals surface area contributed by atoms with Gasteiger partial charge in [0.2, 0.25) is 0 Å². The van der Waals surface area contributed by atoms with Gasteiger partial charge in [-0.3, -0.25) is 9.59 Å². The summed E-state index contributed by atoms with van der Waals surface area (Å²) in [5.74, 6) is -1.23.